The van der Waals surface area contributed by atoms with E-state index in [1.165, 1.54) is 6.20 Å². The first-order valence-electron chi connectivity index (χ1n) is 11.5. The van der Waals surface area contributed by atoms with Crippen LogP contribution in [0.1, 0.15) is 32.9 Å². The van der Waals surface area contributed by atoms with E-state index in [0.29, 0.717) is 29.4 Å². The van der Waals surface area contributed by atoms with Crippen molar-refractivity contribution in [3.05, 3.63) is 95.2 Å². The minimum atomic E-state index is -3.77. The van der Waals surface area contributed by atoms with Gasteiger partial charge in [-0.3, -0.25) is 4.79 Å². The number of hydrogen-bond donors (Lipinski definition) is 1. The molecule has 0 saturated carbocycles. The molecule has 2 aromatic heterocycles. The number of hydrogen-bond acceptors (Lipinski definition) is 8. The normalized spacial score (nSPS) is 11.2. The van der Waals surface area contributed by atoms with Gasteiger partial charge in [-0.25, -0.2) is 18.4 Å². The fourth-order valence-corrected chi connectivity index (χ4v) is 4.43. The van der Waals surface area contributed by atoms with Crippen LogP contribution in [0, 0.1) is 13.8 Å². The molecule has 192 valence electrons. The Hall–Kier alpha value is -4.18. The number of aryl methyl sites for hydroxylation is 2. The van der Waals surface area contributed by atoms with Gasteiger partial charge in [-0.1, -0.05) is 35.9 Å². The maximum absolute atomic E-state index is 13.6. The van der Waals surface area contributed by atoms with Crippen LogP contribution in [0.3, 0.4) is 0 Å². The summed E-state index contributed by atoms with van der Waals surface area (Å²) in [5.74, 6) is 0.753. The van der Waals surface area contributed by atoms with Crippen molar-refractivity contribution in [3.8, 4) is 5.75 Å². The van der Waals surface area contributed by atoms with Gasteiger partial charge in [-0.15, -0.1) is 0 Å². The van der Waals surface area contributed by atoms with E-state index >= 15 is 0 Å². The third-order valence-electron chi connectivity index (χ3n) is 5.75. The molecule has 1 amide bonds. The maximum atomic E-state index is 13.6. The molecule has 2 aromatic carbocycles. The second-order valence-electron chi connectivity index (χ2n) is 8.68. The van der Waals surface area contributed by atoms with Crippen LogP contribution in [0.15, 0.2) is 76.6 Å². The molecule has 0 aliphatic heterocycles. The summed E-state index contributed by atoms with van der Waals surface area (Å²) >= 11 is 0. The predicted octanol–water partition coefficient (Wildman–Crippen LogP) is 4.56. The summed E-state index contributed by atoms with van der Waals surface area (Å²) in [5, 5.41) is 2.44. The van der Waals surface area contributed by atoms with Crippen LogP contribution in [-0.2, 0) is 22.9 Å². The molecule has 0 radical (unpaired) electrons. The molecular formula is C27H28N4O5S. The van der Waals surface area contributed by atoms with E-state index in [1.54, 1.807) is 25.5 Å². The highest BCUT2D eigenvalue weighted by Crippen LogP contribution is 2.28. The molecule has 0 aliphatic rings. The summed E-state index contributed by atoms with van der Waals surface area (Å²) in [5.41, 5.74) is 3.65. The fraction of sp³-hybridized carbons (Fsp3) is 0.222. The second-order valence-corrected chi connectivity index (χ2v) is 10.6. The van der Waals surface area contributed by atoms with Gasteiger partial charge in [0.2, 0.25) is 15.0 Å². The molecule has 2 heterocycles. The Bertz CT molecular complexity index is 1520. The van der Waals surface area contributed by atoms with E-state index in [9.17, 15) is 13.2 Å². The van der Waals surface area contributed by atoms with Crippen molar-refractivity contribution >= 4 is 27.1 Å². The minimum absolute atomic E-state index is 0.0724. The van der Waals surface area contributed by atoms with Crippen molar-refractivity contribution in [2.24, 2.45) is 0 Å². The predicted molar refractivity (Wildman–Crippen MR) is 141 cm³/mol. The number of aromatic nitrogens is 2. The summed E-state index contributed by atoms with van der Waals surface area (Å²) < 4.78 is 35.6. The quantitative estimate of drug-likeness (QED) is 0.320. The topological polar surface area (TPSA) is 115 Å². The lowest BCUT2D eigenvalue weighted by atomic mass is 10.1. The van der Waals surface area contributed by atoms with E-state index in [-0.39, 0.29) is 12.2 Å². The average Bonchev–Trinajstić information content (AvgIpc) is 3.38. The zero-order valence-corrected chi connectivity index (χ0v) is 21.9. The van der Waals surface area contributed by atoms with Crippen molar-refractivity contribution in [2.45, 2.75) is 32.1 Å². The number of sulfone groups is 1. The maximum Gasteiger partial charge on any atom is 0.276 e. The lowest BCUT2D eigenvalue weighted by molar-refractivity contribution is 0.102. The average molecular weight is 521 g/mol. The molecule has 0 unspecified atom stereocenters. The molecule has 37 heavy (non-hydrogen) atoms. The number of nitrogens with zero attached hydrogens (tertiary/aromatic N) is 3. The number of nitrogens with one attached hydrogen (secondary N) is 1. The molecule has 4 aromatic rings. The van der Waals surface area contributed by atoms with E-state index in [0.717, 1.165) is 22.9 Å². The summed E-state index contributed by atoms with van der Waals surface area (Å²) in [7, 11) is -2.18. The molecule has 0 fully saturated rings. The van der Waals surface area contributed by atoms with Crippen LogP contribution in [0.5, 0.6) is 5.75 Å². The Morgan fingerprint density at radius 2 is 1.86 bits per heavy atom. The molecule has 0 bridgehead atoms. The number of carbonyl (C=O) groups is 1. The molecule has 0 aliphatic carbocycles. The SMILES string of the molecule is COc1ccccc1CN(Cc1ccco1)c1cnc(S(C)(=O)=O)nc1C(=O)Nc1ccc(C)cc1C. The fourth-order valence-electron chi connectivity index (χ4n) is 3.93. The summed E-state index contributed by atoms with van der Waals surface area (Å²) in [6, 6.07) is 16.7. The molecule has 1 N–H and O–H groups in total. The number of amides is 1. The van der Waals surface area contributed by atoms with E-state index in [1.807, 2.05) is 61.2 Å². The van der Waals surface area contributed by atoms with Gasteiger partial charge >= 0.3 is 0 Å². The first-order valence-corrected chi connectivity index (χ1v) is 13.4. The van der Waals surface area contributed by atoms with Crippen LogP contribution < -0.4 is 15.0 Å². The Morgan fingerprint density at radius 3 is 2.54 bits per heavy atom. The number of benzene rings is 2. The van der Waals surface area contributed by atoms with Crippen molar-refractivity contribution in [2.75, 3.05) is 23.6 Å². The molecule has 10 heteroatoms. The van der Waals surface area contributed by atoms with Gasteiger partial charge in [0.25, 0.3) is 5.91 Å². The van der Waals surface area contributed by atoms with Gasteiger partial charge in [0, 0.05) is 24.1 Å². The van der Waals surface area contributed by atoms with Crippen LogP contribution in [0.25, 0.3) is 0 Å². The number of methoxy groups -OCH3 is 1. The van der Waals surface area contributed by atoms with Gasteiger partial charge in [0.1, 0.15) is 11.5 Å². The van der Waals surface area contributed by atoms with Crippen LogP contribution >= 0.6 is 0 Å². The molecular weight excluding hydrogens is 492 g/mol. The van der Waals surface area contributed by atoms with Crippen molar-refractivity contribution < 1.29 is 22.4 Å². The highest BCUT2D eigenvalue weighted by molar-refractivity contribution is 7.90. The third kappa shape index (κ3) is 6.15. The van der Waals surface area contributed by atoms with Gasteiger partial charge in [-0.05, 0) is 43.7 Å². The smallest absolute Gasteiger partial charge is 0.276 e. The highest BCUT2D eigenvalue weighted by atomic mass is 32.2. The lowest BCUT2D eigenvalue weighted by Gasteiger charge is -2.26. The van der Waals surface area contributed by atoms with E-state index < -0.39 is 20.9 Å². The zero-order valence-electron chi connectivity index (χ0n) is 21.1. The summed E-state index contributed by atoms with van der Waals surface area (Å²) in [6.45, 7) is 4.44. The van der Waals surface area contributed by atoms with Crippen LogP contribution in [0.4, 0.5) is 11.4 Å². The van der Waals surface area contributed by atoms with Gasteiger partial charge in [0.05, 0.1) is 31.8 Å². The molecule has 0 spiro atoms. The molecule has 0 atom stereocenters. The van der Waals surface area contributed by atoms with E-state index in [4.69, 9.17) is 9.15 Å². The Kier molecular flexibility index (Phi) is 7.58. The van der Waals surface area contributed by atoms with Crippen molar-refractivity contribution in [3.63, 3.8) is 0 Å². The molecule has 0 saturated heterocycles. The third-order valence-corrected chi connectivity index (χ3v) is 6.61. The Labute approximate surface area is 216 Å². The number of carbonyl (C=O) groups excluding carboxylic acids is 1. The van der Waals surface area contributed by atoms with Gasteiger partial charge in [0.15, 0.2) is 5.69 Å². The standard InChI is InChI=1S/C27H28N4O5S/c1-18-11-12-22(19(2)14-18)29-26(32)25-23(15-28-27(30-25)37(4,33)34)31(17-21-9-7-13-36-21)16-20-8-5-6-10-24(20)35-3/h5-15H,16-17H2,1-4H3,(H,29,32). The number of furan rings is 1. The molecule has 4 rings (SSSR count). The Morgan fingerprint density at radius 1 is 1.08 bits per heavy atom. The number of para-hydroxylation sites is 1. The second kappa shape index (κ2) is 10.8. The first-order chi connectivity index (χ1) is 17.7. The Balaban J connectivity index is 1.81. The van der Waals surface area contributed by atoms with Gasteiger partial charge in [-0.2, -0.15) is 0 Å². The largest absolute Gasteiger partial charge is 0.496 e. The summed E-state index contributed by atoms with van der Waals surface area (Å²) in [4.78, 5) is 23.7. The minimum Gasteiger partial charge on any atom is -0.496 e. The molecule has 9 nitrogen and oxygen atoms in total. The zero-order chi connectivity index (χ0) is 26.6. The van der Waals surface area contributed by atoms with Crippen molar-refractivity contribution in [1.29, 1.82) is 0 Å². The van der Waals surface area contributed by atoms with E-state index in [2.05, 4.69) is 15.3 Å². The first kappa shape index (κ1) is 25.9. The monoisotopic (exact) mass is 520 g/mol. The van der Waals surface area contributed by atoms with Crippen molar-refractivity contribution in [1.82, 2.24) is 9.97 Å². The number of rotatable bonds is 9. The van der Waals surface area contributed by atoms with Gasteiger partial charge < -0.3 is 19.4 Å². The van der Waals surface area contributed by atoms with Crippen LogP contribution in [0.2, 0.25) is 0 Å². The number of anilines is 2. The summed E-state index contributed by atoms with van der Waals surface area (Å²) in [6.07, 6.45) is 3.93. The number of ether oxygens (including phenoxy) is 1. The highest BCUT2D eigenvalue weighted by Gasteiger charge is 2.25. The lowest BCUT2D eigenvalue weighted by Crippen LogP contribution is -2.27. The van der Waals surface area contributed by atoms with Crippen LogP contribution in [-0.4, -0.2) is 37.7 Å².